The molecule has 146 valence electrons. The predicted octanol–water partition coefficient (Wildman–Crippen LogP) is 3.09. The minimum Gasteiger partial charge on any atom is -0.494 e. The number of carbonyl (C=O) groups excluding carboxylic acids is 1. The maximum atomic E-state index is 11.0. The fraction of sp³-hybridized carbons (Fsp3) is 0.286. The summed E-state index contributed by atoms with van der Waals surface area (Å²) >= 11 is 0. The van der Waals surface area contributed by atoms with E-state index in [2.05, 4.69) is 9.97 Å². The van der Waals surface area contributed by atoms with Crippen molar-refractivity contribution in [2.24, 2.45) is 0 Å². The summed E-state index contributed by atoms with van der Waals surface area (Å²) < 4.78 is 5.77. The third-order valence-electron chi connectivity index (χ3n) is 4.52. The number of aromatic nitrogens is 2. The van der Waals surface area contributed by atoms with Gasteiger partial charge in [0.15, 0.2) is 0 Å². The summed E-state index contributed by atoms with van der Waals surface area (Å²) in [6.07, 6.45) is 4.52. The van der Waals surface area contributed by atoms with Gasteiger partial charge in [0.25, 0.3) is 5.91 Å². The lowest BCUT2D eigenvalue weighted by molar-refractivity contribution is -0.129. The lowest BCUT2D eigenvalue weighted by atomic mass is 10.2. The topological polar surface area (TPSA) is 90.2 Å². The number of hydroxylamine groups is 1. The highest BCUT2D eigenvalue weighted by atomic mass is 16.5. The molecule has 7 nitrogen and oxygen atoms in total. The van der Waals surface area contributed by atoms with Gasteiger partial charge in [-0.25, -0.2) is 9.97 Å². The number of carbonyl (C=O) groups is 1. The van der Waals surface area contributed by atoms with Crippen molar-refractivity contribution in [3.63, 3.8) is 0 Å². The fourth-order valence-electron chi connectivity index (χ4n) is 2.96. The highest BCUT2D eigenvalue weighted by Gasteiger charge is 2.10. The molecule has 2 aromatic carbocycles. The van der Waals surface area contributed by atoms with Crippen molar-refractivity contribution in [2.45, 2.75) is 25.7 Å². The molecule has 1 amide bonds. The van der Waals surface area contributed by atoms with Crippen molar-refractivity contribution >= 4 is 28.3 Å². The molecule has 0 aliphatic heterocycles. The van der Waals surface area contributed by atoms with Crippen LogP contribution >= 0.6 is 0 Å². The van der Waals surface area contributed by atoms with Gasteiger partial charge in [0.05, 0.1) is 12.1 Å². The highest BCUT2D eigenvalue weighted by molar-refractivity contribution is 5.91. The van der Waals surface area contributed by atoms with Gasteiger partial charge < -0.3 is 14.8 Å². The van der Waals surface area contributed by atoms with Crippen LogP contribution in [0.25, 0.3) is 10.9 Å². The molecule has 1 aromatic heterocycles. The molecule has 1 heterocycles. The number of fused-ring (bicyclic) bond motifs is 1. The Morgan fingerprint density at radius 3 is 2.64 bits per heavy atom. The van der Waals surface area contributed by atoms with Crippen LogP contribution in [0.15, 0.2) is 54.9 Å². The van der Waals surface area contributed by atoms with Crippen LogP contribution in [0.3, 0.4) is 0 Å². The number of nitrogens with zero attached hydrogens (tertiary/aromatic N) is 3. The number of para-hydroxylation sites is 1. The van der Waals surface area contributed by atoms with E-state index in [1.807, 2.05) is 66.0 Å². The fourth-order valence-corrected chi connectivity index (χ4v) is 2.96. The maximum absolute atomic E-state index is 11.0. The molecule has 0 unspecified atom stereocenters. The van der Waals surface area contributed by atoms with Gasteiger partial charge in [-0.2, -0.15) is 0 Å². The molecule has 0 atom stereocenters. The lowest BCUT2D eigenvalue weighted by Crippen LogP contribution is -2.17. The number of benzene rings is 2. The first kappa shape index (κ1) is 19.6. The average Bonchev–Trinajstić information content (AvgIpc) is 2.75. The summed E-state index contributed by atoms with van der Waals surface area (Å²) in [5.74, 6) is 1.43. The Bertz CT molecular complexity index is 910. The van der Waals surface area contributed by atoms with E-state index >= 15 is 0 Å². The second kappa shape index (κ2) is 9.66. The molecule has 28 heavy (non-hydrogen) atoms. The monoisotopic (exact) mass is 381 g/mol. The molecule has 0 aliphatic rings. The van der Waals surface area contributed by atoms with E-state index in [1.54, 1.807) is 6.33 Å². The number of rotatable bonds is 9. The van der Waals surface area contributed by atoms with E-state index in [-0.39, 0.29) is 5.91 Å². The summed E-state index contributed by atoms with van der Waals surface area (Å²) in [6, 6.07) is 15.9. The summed E-state index contributed by atoms with van der Waals surface area (Å²) in [5, 5.41) is 7.75. The molecule has 0 saturated carbocycles. The Morgan fingerprint density at radius 1 is 1.07 bits per heavy atom. The maximum Gasteiger partial charge on any atom is 0.283 e. The molecule has 0 saturated heterocycles. The number of ether oxygens (including phenoxy) is 1. The summed E-state index contributed by atoms with van der Waals surface area (Å²) in [6.45, 7) is 0.605. The van der Waals surface area contributed by atoms with Gasteiger partial charge in [0.1, 0.15) is 17.9 Å². The molecule has 3 N–H and O–H groups in total. The van der Waals surface area contributed by atoms with Gasteiger partial charge in [-0.1, -0.05) is 12.1 Å². The largest absolute Gasteiger partial charge is 0.494 e. The Kier molecular flexibility index (Phi) is 6.75. The van der Waals surface area contributed by atoms with Crippen LogP contribution in [-0.4, -0.2) is 34.7 Å². The van der Waals surface area contributed by atoms with E-state index < -0.39 is 0 Å². The summed E-state index contributed by atoms with van der Waals surface area (Å²) in [7, 11) is 1.98. The molecule has 7 heteroatoms. The van der Waals surface area contributed by atoms with Crippen LogP contribution in [0.2, 0.25) is 0 Å². The zero-order valence-electron chi connectivity index (χ0n) is 15.9. The van der Waals surface area contributed by atoms with E-state index in [0.717, 1.165) is 47.4 Å². The zero-order valence-corrected chi connectivity index (χ0v) is 15.9. The van der Waals surface area contributed by atoms with Crippen molar-refractivity contribution in [1.82, 2.24) is 15.4 Å². The SMILES string of the molecule is CN(c1ccc(OCCCCCC(=O)N[OH2+])cc1)c1ncnc2ccccc12. The molecule has 3 aromatic rings. The Hall–Kier alpha value is -3.19. The smallest absolute Gasteiger partial charge is 0.283 e. The van der Waals surface area contributed by atoms with E-state index in [1.165, 1.54) is 0 Å². The molecule has 0 bridgehead atoms. The number of unbranched alkanes of at least 4 members (excludes halogenated alkanes) is 2. The molecular weight excluding hydrogens is 356 g/mol. The number of hydrogen-bond donors (Lipinski definition) is 1. The van der Waals surface area contributed by atoms with Crippen molar-refractivity contribution in [3.8, 4) is 5.75 Å². The van der Waals surface area contributed by atoms with Gasteiger partial charge in [0, 0.05) is 24.5 Å². The van der Waals surface area contributed by atoms with Crippen molar-refractivity contribution < 1.29 is 14.7 Å². The molecular formula is C21H25N4O3+. The third kappa shape index (κ3) is 4.95. The van der Waals surface area contributed by atoms with Crippen LogP contribution in [0.4, 0.5) is 11.5 Å². The van der Waals surface area contributed by atoms with Crippen LogP contribution in [0, 0.1) is 0 Å². The second-order valence-corrected chi connectivity index (χ2v) is 6.47. The zero-order chi connectivity index (χ0) is 19.8. The van der Waals surface area contributed by atoms with Crippen molar-refractivity contribution in [1.29, 1.82) is 0 Å². The molecule has 0 spiro atoms. The number of nitrogens with one attached hydrogen (secondary N) is 1. The van der Waals surface area contributed by atoms with E-state index in [4.69, 9.17) is 9.94 Å². The van der Waals surface area contributed by atoms with Crippen molar-refractivity contribution in [2.75, 3.05) is 18.6 Å². The van der Waals surface area contributed by atoms with E-state index in [9.17, 15) is 4.79 Å². The summed E-state index contributed by atoms with van der Waals surface area (Å²) in [5.41, 5.74) is 3.81. The van der Waals surface area contributed by atoms with Crippen molar-refractivity contribution in [3.05, 3.63) is 54.9 Å². The predicted molar refractivity (Wildman–Crippen MR) is 110 cm³/mol. The van der Waals surface area contributed by atoms with Crippen LogP contribution in [0.5, 0.6) is 5.75 Å². The van der Waals surface area contributed by atoms with Gasteiger partial charge in [-0.15, -0.1) is 5.48 Å². The standard InChI is InChI=1S/C21H24N4O3/c1-25(21-18-7-4-5-8-19(18)22-15-23-21)16-10-12-17(13-11-16)28-14-6-2-3-9-20(26)24-27/h4-5,7-8,10-13,15,27H,2-3,6,9,14H2,1H3,(H,24,26)/p+1. The minimum absolute atomic E-state index is 0.239. The molecule has 0 fully saturated rings. The number of anilines is 2. The lowest BCUT2D eigenvalue weighted by Gasteiger charge is -2.20. The third-order valence-corrected chi connectivity index (χ3v) is 4.52. The van der Waals surface area contributed by atoms with E-state index in [0.29, 0.717) is 13.0 Å². The first-order valence-electron chi connectivity index (χ1n) is 9.31. The normalized spacial score (nSPS) is 10.6. The molecule has 3 rings (SSSR count). The quantitative estimate of drug-likeness (QED) is 0.349. The van der Waals surface area contributed by atoms with Gasteiger partial charge in [-0.05, 0) is 55.7 Å². The Labute approximate surface area is 163 Å². The Balaban J connectivity index is 1.54. The molecule has 0 aliphatic carbocycles. The first-order chi connectivity index (χ1) is 13.7. The van der Waals surface area contributed by atoms with Crippen LogP contribution in [0.1, 0.15) is 25.7 Å². The molecule has 0 radical (unpaired) electrons. The first-order valence-corrected chi connectivity index (χ1v) is 9.31. The Morgan fingerprint density at radius 2 is 1.86 bits per heavy atom. The number of hydrogen-bond acceptors (Lipinski definition) is 5. The van der Waals surface area contributed by atoms with Gasteiger partial charge in [0.2, 0.25) is 0 Å². The van der Waals surface area contributed by atoms with Gasteiger partial charge in [-0.3, -0.25) is 4.79 Å². The summed E-state index contributed by atoms with van der Waals surface area (Å²) in [4.78, 5) is 21.8. The van der Waals surface area contributed by atoms with Crippen LogP contribution in [-0.2, 0) is 4.79 Å². The second-order valence-electron chi connectivity index (χ2n) is 6.47. The number of amides is 1. The highest BCUT2D eigenvalue weighted by Crippen LogP contribution is 2.29. The minimum atomic E-state index is -0.239. The van der Waals surface area contributed by atoms with Crippen LogP contribution < -0.4 is 15.1 Å². The average molecular weight is 381 g/mol. The van der Waals surface area contributed by atoms with Gasteiger partial charge >= 0.3 is 0 Å².